The first-order valence-corrected chi connectivity index (χ1v) is 30.5. The monoisotopic (exact) mass is 1090 g/mol. The molecule has 2 aliphatic rings. The Morgan fingerprint density at radius 1 is 0.309 bits per heavy atom. The fraction of sp³-hybridized carbons (Fsp3) is 0.221. The molecule has 0 saturated heterocycles. The smallest absolute Gasteiger partial charge is 0.0728 e. The van der Waals surface area contributed by atoms with E-state index in [4.69, 9.17) is 0 Å². The minimum atomic E-state index is -0.689. The maximum atomic E-state index is 2.65. The molecule has 2 aromatic heterocycles. The third-order valence-corrected chi connectivity index (χ3v) is 20.1. The lowest BCUT2D eigenvalue weighted by Crippen LogP contribution is -2.26. The molecule has 81 heavy (non-hydrogen) atoms. The Bertz CT molecular complexity index is 4060. The second-order valence-corrected chi connectivity index (χ2v) is 29.0. The van der Waals surface area contributed by atoms with Gasteiger partial charge in [-0.25, -0.2) is 0 Å². The van der Waals surface area contributed by atoms with E-state index in [9.17, 15) is 0 Å². The summed E-state index contributed by atoms with van der Waals surface area (Å²) in [5.41, 5.74) is 22.1. The number of benzene rings is 10. The quantitative estimate of drug-likeness (QED) is 0.164. The number of nitrogens with zero attached hydrogens (tertiary/aromatic N) is 2. The molecule has 2 aliphatic carbocycles. The molecule has 0 radical (unpaired) electrons. The summed E-state index contributed by atoms with van der Waals surface area (Å²) in [6.07, 6.45) is 0. The van der Waals surface area contributed by atoms with Crippen LogP contribution in [-0.4, -0.2) is 0 Å². The highest BCUT2D eigenvalue weighted by molar-refractivity contribution is 7.27. The SMILES string of the molecule is CC(C)(C)c1ccc(N(c2ccc(C(C)(C)C)cc2)c2cc3c(c4sc5ccccc5c24)-c2c(cc(N(c4ccc(C(C)(C)C)cc4)c4ccc(C(C)(C)C)cc4)c4c2sc2ccccc24)C32c3ccccc3-c3ccccc32)cc1. The molecule has 0 unspecified atom stereocenters. The Hall–Kier alpha value is -7.76. The van der Waals surface area contributed by atoms with Gasteiger partial charge in [0.25, 0.3) is 0 Å². The molecule has 400 valence electrons. The number of thiophene rings is 2. The first-order valence-electron chi connectivity index (χ1n) is 28.9. The van der Waals surface area contributed by atoms with Crippen molar-refractivity contribution in [2.24, 2.45) is 0 Å². The summed E-state index contributed by atoms with van der Waals surface area (Å²) in [7, 11) is 0. The molecule has 0 bridgehead atoms. The molecule has 0 amide bonds. The summed E-state index contributed by atoms with van der Waals surface area (Å²) in [5, 5.41) is 5.13. The van der Waals surface area contributed by atoms with Gasteiger partial charge in [-0.2, -0.15) is 0 Å². The summed E-state index contributed by atoms with van der Waals surface area (Å²) in [6.45, 7) is 27.7. The molecule has 4 heteroatoms. The maximum absolute atomic E-state index is 2.65. The van der Waals surface area contributed by atoms with Crippen LogP contribution in [0.3, 0.4) is 0 Å². The van der Waals surface area contributed by atoms with E-state index in [1.807, 2.05) is 22.7 Å². The molecule has 14 rings (SSSR count). The van der Waals surface area contributed by atoms with E-state index in [-0.39, 0.29) is 21.7 Å². The highest BCUT2D eigenvalue weighted by atomic mass is 32.1. The van der Waals surface area contributed by atoms with Crippen molar-refractivity contribution in [2.45, 2.75) is 110 Å². The van der Waals surface area contributed by atoms with Crippen LogP contribution in [0.4, 0.5) is 34.1 Å². The van der Waals surface area contributed by atoms with Crippen LogP contribution in [0.25, 0.3) is 62.6 Å². The van der Waals surface area contributed by atoms with Gasteiger partial charge >= 0.3 is 0 Å². The van der Waals surface area contributed by atoms with Gasteiger partial charge in [-0.05, 0) is 150 Å². The number of rotatable bonds is 6. The van der Waals surface area contributed by atoms with Crippen LogP contribution in [0.5, 0.6) is 0 Å². The maximum Gasteiger partial charge on any atom is 0.0728 e. The molecular formula is C77H70N2S2. The van der Waals surface area contributed by atoms with Crippen LogP contribution in [0, 0.1) is 0 Å². The zero-order valence-corrected chi connectivity index (χ0v) is 50.5. The van der Waals surface area contributed by atoms with Gasteiger partial charge in [0.05, 0.1) is 16.8 Å². The van der Waals surface area contributed by atoms with Crippen molar-refractivity contribution in [1.29, 1.82) is 0 Å². The lowest BCUT2D eigenvalue weighted by atomic mass is 9.70. The highest BCUT2D eigenvalue weighted by Gasteiger charge is 2.54. The van der Waals surface area contributed by atoms with Gasteiger partial charge in [0.1, 0.15) is 0 Å². The fourth-order valence-electron chi connectivity index (χ4n) is 13.5. The van der Waals surface area contributed by atoms with E-state index in [0.717, 1.165) is 22.7 Å². The molecule has 0 N–H and O–H groups in total. The molecule has 1 spiro atoms. The highest BCUT2D eigenvalue weighted by Crippen LogP contribution is 2.69. The molecule has 0 saturated carbocycles. The molecule has 0 fully saturated rings. The van der Waals surface area contributed by atoms with Crippen LogP contribution >= 0.6 is 22.7 Å². The Morgan fingerprint density at radius 2 is 0.593 bits per heavy atom. The Morgan fingerprint density at radius 3 is 0.901 bits per heavy atom. The Kier molecular flexibility index (Phi) is 11.5. The molecule has 12 aromatic rings. The van der Waals surface area contributed by atoms with E-state index in [0.29, 0.717) is 0 Å². The second kappa shape index (κ2) is 18.1. The molecule has 10 aromatic carbocycles. The van der Waals surface area contributed by atoms with Gasteiger partial charge in [0, 0.05) is 74.2 Å². The van der Waals surface area contributed by atoms with Crippen LogP contribution in [0.1, 0.15) is 128 Å². The number of hydrogen-bond acceptors (Lipinski definition) is 4. The molecular weight excluding hydrogens is 1020 g/mol. The minimum absolute atomic E-state index is 0.00163. The second-order valence-electron chi connectivity index (χ2n) is 26.9. The van der Waals surface area contributed by atoms with Crippen molar-refractivity contribution in [1.82, 2.24) is 0 Å². The topological polar surface area (TPSA) is 6.48 Å². The van der Waals surface area contributed by atoms with Gasteiger partial charge in [-0.1, -0.05) is 217 Å². The summed E-state index contributed by atoms with van der Waals surface area (Å²) in [6, 6.07) is 80.0. The van der Waals surface area contributed by atoms with E-state index >= 15 is 0 Å². The standard InChI is InChI=1S/C77H70N2S2/c1-73(2,3)47-29-37-51(38-30-47)78(52-39-31-48(32-40-52)74(4,5)6)63-45-61-69(71-67(63)57-23-15-19-27-65(57)80-71)70-62(77(61)59-25-17-13-21-55(59)56-22-14-18-26-60(56)77)46-64(68-58-24-16-20-28-66(58)81-72(68)70)79(53-41-33-49(34-42-53)75(7,8)9)54-43-35-50(36-44-54)76(10,11)12/h13-46H,1-12H3. The van der Waals surface area contributed by atoms with Gasteiger partial charge in [0.2, 0.25) is 0 Å². The zero-order chi connectivity index (χ0) is 56.1. The van der Waals surface area contributed by atoms with E-state index < -0.39 is 5.41 Å². The fourth-order valence-corrected chi connectivity index (χ4v) is 16.0. The van der Waals surface area contributed by atoms with E-state index in [2.05, 4.69) is 299 Å². The predicted octanol–water partition coefficient (Wildman–Crippen LogP) is 22.9. The van der Waals surface area contributed by atoms with Crippen LogP contribution in [0.15, 0.2) is 206 Å². The summed E-state index contributed by atoms with van der Waals surface area (Å²) >= 11 is 3.93. The van der Waals surface area contributed by atoms with Crippen molar-refractivity contribution in [2.75, 3.05) is 9.80 Å². The largest absolute Gasteiger partial charge is 0.310 e. The van der Waals surface area contributed by atoms with Crippen molar-refractivity contribution < 1.29 is 0 Å². The van der Waals surface area contributed by atoms with Crippen molar-refractivity contribution in [3.63, 3.8) is 0 Å². The summed E-state index contributed by atoms with van der Waals surface area (Å²) < 4.78 is 5.22. The lowest BCUT2D eigenvalue weighted by molar-refractivity contribution is 0.590. The van der Waals surface area contributed by atoms with Crippen LogP contribution < -0.4 is 9.80 Å². The number of fused-ring (bicyclic) bond motifs is 18. The first-order chi connectivity index (χ1) is 38.7. The third kappa shape index (κ3) is 7.91. The average molecular weight is 1090 g/mol. The molecule has 0 aliphatic heterocycles. The zero-order valence-electron chi connectivity index (χ0n) is 48.8. The lowest BCUT2D eigenvalue weighted by Gasteiger charge is -2.34. The molecule has 2 heterocycles. The van der Waals surface area contributed by atoms with Crippen molar-refractivity contribution >= 4 is 97.1 Å². The summed E-state index contributed by atoms with van der Waals surface area (Å²) in [4.78, 5) is 5.16. The number of anilines is 6. The molecule has 0 atom stereocenters. The normalized spacial score (nSPS) is 13.8. The van der Waals surface area contributed by atoms with Crippen LogP contribution in [-0.2, 0) is 27.1 Å². The van der Waals surface area contributed by atoms with Gasteiger partial charge < -0.3 is 9.80 Å². The van der Waals surface area contributed by atoms with Gasteiger partial charge in [-0.3, -0.25) is 0 Å². The van der Waals surface area contributed by atoms with Gasteiger partial charge in [-0.15, -0.1) is 22.7 Å². The minimum Gasteiger partial charge on any atom is -0.310 e. The van der Waals surface area contributed by atoms with E-state index in [1.165, 1.54) is 118 Å². The Balaban J connectivity index is 1.16. The average Bonchev–Trinajstić information content (AvgIpc) is 3.60. The van der Waals surface area contributed by atoms with Gasteiger partial charge in [0.15, 0.2) is 0 Å². The number of hydrogen-bond donors (Lipinski definition) is 0. The van der Waals surface area contributed by atoms with Crippen LogP contribution in [0.2, 0.25) is 0 Å². The predicted molar refractivity (Wildman–Crippen MR) is 353 cm³/mol. The molecule has 2 nitrogen and oxygen atoms in total. The third-order valence-electron chi connectivity index (χ3n) is 17.7. The van der Waals surface area contributed by atoms with Crippen molar-refractivity contribution in [3.05, 3.63) is 251 Å². The Labute approximate surface area is 487 Å². The summed E-state index contributed by atoms with van der Waals surface area (Å²) in [5.74, 6) is 0. The van der Waals surface area contributed by atoms with E-state index in [1.54, 1.807) is 0 Å². The van der Waals surface area contributed by atoms with Crippen molar-refractivity contribution in [3.8, 4) is 22.3 Å². The first kappa shape index (κ1) is 51.4.